The van der Waals surface area contributed by atoms with Crippen molar-refractivity contribution >= 4 is 17.4 Å². The molecule has 0 aliphatic heterocycles. The van der Waals surface area contributed by atoms with E-state index >= 15 is 0 Å². The molecule has 0 unspecified atom stereocenters. The Balaban J connectivity index is 2.24. The molecule has 0 fully saturated rings. The van der Waals surface area contributed by atoms with E-state index in [0.29, 0.717) is 11.1 Å². The molecular formula is C16H13NO5. The molecule has 0 atom stereocenters. The zero-order valence-corrected chi connectivity index (χ0v) is 11.8. The summed E-state index contributed by atoms with van der Waals surface area (Å²) in [7, 11) is 0. The molecule has 0 aliphatic carbocycles. The van der Waals surface area contributed by atoms with Gasteiger partial charge in [-0.05, 0) is 19.1 Å². The number of carbonyl (C=O) groups is 2. The van der Waals surface area contributed by atoms with Crippen LogP contribution in [-0.2, 0) is 4.74 Å². The molecule has 6 nitrogen and oxygen atoms in total. The third-order valence-electron chi connectivity index (χ3n) is 2.98. The summed E-state index contributed by atoms with van der Waals surface area (Å²) in [4.78, 5) is 34.0. The largest absolute Gasteiger partial charge is 0.462 e. The maximum Gasteiger partial charge on any atom is 0.338 e. The van der Waals surface area contributed by atoms with Gasteiger partial charge in [0.2, 0.25) is 0 Å². The molecule has 0 spiro atoms. The fraction of sp³-hybridized carbons (Fsp3) is 0.125. The average Bonchev–Trinajstić information content (AvgIpc) is 2.54. The van der Waals surface area contributed by atoms with Gasteiger partial charge in [0, 0.05) is 23.3 Å². The third-order valence-corrected chi connectivity index (χ3v) is 2.98. The smallest absolute Gasteiger partial charge is 0.338 e. The first-order valence-electron chi connectivity index (χ1n) is 6.59. The standard InChI is InChI=1S/C16H13NO5/c1-2-22-16(19)12-8-6-11(7-9-12)15(18)13-4-3-5-14(10-13)17(20)21/h3-10H,2H2,1H3. The van der Waals surface area contributed by atoms with Crippen LogP contribution in [0.4, 0.5) is 5.69 Å². The van der Waals surface area contributed by atoms with Crippen LogP contribution < -0.4 is 0 Å². The monoisotopic (exact) mass is 299 g/mol. The highest BCUT2D eigenvalue weighted by Crippen LogP contribution is 2.17. The van der Waals surface area contributed by atoms with Gasteiger partial charge in [0.05, 0.1) is 17.1 Å². The number of esters is 1. The Morgan fingerprint density at radius 3 is 2.27 bits per heavy atom. The fourth-order valence-corrected chi connectivity index (χ4v) is 1.90. The second-order valence-corrected chi connectivity index (χ2v) is 4.43. The van der Waals surface area contributed by atoms with E-state index in [1.807, 2.05) is 0 Å². The van der Waals surface area contributed by atoms with E-state index in [4.69, 9.17) is 4.74 Å². The van der Waals surface area contributed by atoms with Crippen molar-refractivity contribution in [2.24, 2.45) is 0 Å². The predicted octanol–water partition coefficient (Wildman–Crippen LogP) is 3.00. The van der Waals surface area contributed by atoms with Gasteiger partial charge in [-0.3, -0.25) is 14.9 Å². The Hall–Kier alpha value is -3.02. The van der Waals surface area contributed by atoms with Crippen molar-refractivity contribution in [1.82, 2.24) is 0 Å². The van der Waals surface area contributed by atoms with Crippen molar-refractivity contribution in [3.8, 4) is 0 Å². The Morgan fingerprint density at radius 1 is 1.05 bits per heavy atom. The Kier molecular flexibility index (Phi) is 4.63. The second kappa shape index (κ2) is 6.62. The molecule has 22 heavy (non-hydrogen) atoms. The number of carbonyl (C=O) groups excluding carboxylic acids is 2. The van der Waals surface area contributed by atoms with E-state index < -0.39 is 10.9 Å². The number of ketones is 1. The molecule has 6 heteroatoms. The molecule has 0 saturated heterocycles. The molecule has 0 radical (unpaired) electrons. The number of benzene rings is 2. The second-order valence-electron chi connectivity index (χ2n) is 4.43. The number of hydrogen-bond donors (Lipinski definition) is 0. The molecule has 2 aromatic carbocycles. The van der Waals surface area contributed by atoms with Crippen LogP contribution in [0.1, 0.15) is 33.2 Å². The lowest BCUT2D eigenvalue weighted by Gasteiger charge is -2.04. The molecule has 0 heterocycles. The SMILES string of the molecule is CCOC(=O)c1ccc(C(=O)c2cccc([N+](=O)[O-])c2)cc1. The zero-order chi connectivity index (χ0) is 16.1. The van der Waals surface area contributed by atoms with Gasteiger partial charge in [0.25, 0.3) is 5.69 Å². The van der Waals surface area contributed by atoms with Crippen molar-refractivity contribution in [2.45, 2.75) is 6.92 Å². The summed E-state index contributed by atoms with van der Waals surface area (Å²) in [6.45, 7) is 1.98. The van der Waals surface area contributed by atoms with Crippen LogP contribution in [0.15, 0.2) is 48.5 Å². The number of rotatable bonds is 5. The highest BCUT2D eigenvalue weighted by molar-refractivity contribution is 6.09. The Bertz CT molecular complexity index is 722. The van der Waals surface area contributed by atoms with Gasteiger partial charge >= 0.3 is 5.97 Å². The highest BCUT2D eigenvalue weighted by atomic mass is 16.6. The number of hydrogen-bond acceptors (Lipinski definition) is 5. The summed E-state index contributed by atoms with van der Waals surface area (Å²) in [6.07, 6.45) is 0. The lowest BCUT2D eigenvalue weighted by atomic mass is 10.0. The third kappa shape index (κ3) is 3.35. The topological polar surface area (TPSA) is 86.5 Å². The quantitative estimate of drug-likeness (QED) is 0.366. The number of ether oxygens (including phenoxy) is 1. The Morgan fingerprint density at radius 2 is 1.68 bits per heavy atom. The van der Waals surface area contributed by atoms with Gasteiger partial charge in [0.15, 0.2) is 5.78 Å². The fourth-order valence-electron chi connectivity index (χ4n) is 1.90. The van der Waals surface area contributed by atoms with E-state index in [0.717, 1.165) is 0 Å². The minimum absolute atomic E-state index is 0.144. The van der Waals surface area contributed by atoms with Crippen LogP contribution in [0, 0.1) is 10.1 Å². The summed E-state index contributed by atoms with van der Waals surface area (Å²) in [5, 5.41) is 10.7. The zero-order valence-electron chi connectivity index (χ0n) is 11.8. The summed E-state index contributed by atoms with van der Waals surface area (Å²) in [5.41, 5.74) is 0.762. The predicted molar refractivity (Wildman–Crippen MR) is 78.9 cm³/mol. The van der Waals surface area contributed by atoms with E-state index in [1.165, 1.54) is 48.5 Å². The maximum absolute atomic E-state index is 12.3. The van der Waals surface area contributed by atoms with Crippen LogP contribution in [-0.4, -0.2) is 23.3 Å². The van der Waals surface area contributed by atoms with E-state index in [-0.39, 0.29) is 23.6 Å². The van der Waals surface area contributed by atoms with Crippen LogP contribution in [0.3, 0.4) is 0 Å². The number of nitrogens with zero attached hydrogens (tertiary/aromatic N) is 1. The summed E-state index contributed by atoms with van der Waals surface area (Å²) >= 11 is 0. The van der Waals surface area contributed by atoms with Crippen molar-refractivity contribution in [3.63, 3.8) is 0 Å². The van der Waals surface area contributed by atoms with E-state index in [1.54, 1.807) is 6.92 Å². The van der Waals surface area contributed by atoms with Gasteiger partial charge in [-0.2, -0.15) is 0 Å². The first-order valence-corrected chi connectivity index (χ1v) is 6.59. The molecule has 0 aliphatic rings. The summed E-state index contributed by atoms with van der Waals surface area (Å²) in [6, 6.07) is 11.5. The lowest BCUT2D eigenvalue weighted by molar-refractivity contribution is -0.384. The molecular weight excluding hydrogens is 286 g/mol. The normalized spacial score (nSPS) is 10.0. The minimum Gasteiger partial charge on any atom is -0.462 e. The molecule has 0 bridgehead atoms. The molecule has 0 saturated carbocycles. The van der Waals surface area contributed by atoms with Crippen LogP contribution in [0.5, 0.6) is 0 Å². The molecule has 2 aromatic rings. The van der Waals surface area contributed by atoms with Crippen molar-refractivity contribution in [2.75, 3.05) is 6.61 Å². The molecule has 112 valence electrons. The molecule has 0 aromatic heterocycles. The van der Waals surface area contributed by atoms with Gasteiger partial charge < -0.3 is 4.74 Å². The maximum atomic E-state index is 12.3. The first kappa shape index (κ1) is 15.4. The van der Waals surface area contributed by atoms with Gasteiger partial charge in [0.1, 0.15) is 0 Å². The van der Waals surface area contributed by atoms with Crippen LogP contribution >= 0.6 is 0 Å². The number of non-ortho nitro benzene ring substituents is 1. The van der Waals surface area contributed by atoms with Gasteiger partial charge in [-0.1, -0.05) is 24.3 Å². The van der Waals surface area contributed by atoms with Crippen LogP contribution in [0.2, 0.25) is 0 Å². The van der Waals surface area contributed by atoms with E-state index in [9.17, 15) is 19.7 Å². The Labute approximate surface area is 126 Å². The lowest BCUT2D eigenvalue weighted by Crippen LogP contribution is -2.06. The number of nitro groups is 1. The summed E-state index contributed by atoms with van der Waals surface area (Å²) < 4.78 is 4.86. The highest BCUT2D eigenvalue weighted by Gasteiger charge is 2.14. The minimum atomic E-state index is -0.555. The van der Waals surface area contributed by atoms with Gasteiger partial charge in [-0.15, -0.1) is 0 Å². The van der Waals surface area contributed by atoms with Crippen LogP contribution in [0.25, 0.3) is 0 Å². The van der Waals surface area contributed by atoms with Crippen molar-refractivity contribution < 1.29 is 19.2 Å². The summed E-state index contributed by atoms with van der Waals surface area (Å²) in [5.74, 6) is -0.809. The molecule has 2 rings (SSSR count). The average molecular weight is 299 g/mol. The molecule has 0 amide bonds. The van der Waals surface area contributed by atoms with Crippen molar-refractivity contribution in [3.05, 3.63) is 75.3 Å². The number of nitro benzene ring substituents is 1. The molecule has 0 N–H and O–H groups in total. The van der Waals surface area contributed by atoms with E-state index in [2.05, 4.69) is 0 Å². The van der Waals surface area contributed by atoms with Gasteiger partial charge in [-0.25, -0.2) is 4.79 Å². The van der Waals surface area contributed by atoms with Crippen molar-refractivity contribution in [1.29, 1.82) is 0 Å². The first-order chi connectivity index (χ1) is 10.5.